The van der Waals surface area contributed by atoms with Gasteiger partial charge in [-0.1, -0.05) is 6.07 Å². The zero-order valence-corrected chi connectivity index (χ0v) is 11.6. The third-order valence-electron chi connectivity index (χ3n) is 3.19. The molecule has 0 radical (unpaired) electrons. The second kappa shape index (κ2) is 7.24. The molecule has 0 spiro atoms. The van der Waals surface area contributed by atoms with Crippen LogP contribution in [0.2, 0.25) is 0 Å². The van der Waals surface area contributed by atoms with Crippen molar-refractivity contribution in [3.63, 3.8) is 0 Å². The molecule has 0 aliphatic heterocycles. The predicted octanol–water partition coefficient (Wildman–Crippen LogP) is 2.05. The molecule has 0 saturated carbocycles. The maximum atomic E-state index is 8.94. The first-order valence-electron chi connectivity index (χ1n) is 6.19. The van der Waals surface area contributed by atoms with Crippen molar-refractivity contribution in [3.8, 4) is 11.5 Å². The molecular formula is C14H23NO3. The van der Waals surface area contributed by atoms with E-state index < -0.39 is 0 Å². The lowest BCUT2D eigenvalue weighted by Gasteiger charge is -2.21. The summed E-state index contributed by atoms with van der Waals surface area (Å²) in [4.78, 5) is 0. The summed E-state index contributed by atoms with van der Waals surface area (Å²) in [7, 11) is 5.24. The Hall–Kier alpha value is -1.26. The monoisotopic (exact) mass is 253 g/mol. The van der Waals surface area contributed by atoms with Crippen LogP contribution in [0.4, 0.5) is 0 Å². The predicted molar refractivity (Wildman–Crippen MR) is 72.4 cm³/mol. The molecule has 4 heteroatoms. The van der Waals surface area contributed by atoms with E-state index in [9.17, 15) is 0 Å². The number of nitrogens with one attached hydrogen (secondary N) is 1. The van der Waals surface area contributed by atoms with E-state index in [-0.39, 0.29) is 12.6 Å². The lowest BCUT2D eigenvalue weighted by Crippen LogP contribution is -2.18. The highest BCUT2D eigenvalue weighted by Gasteiger charge is 2.17. The van der Waals surface area contributed by atoms with Gasteiger partial charge in [-0.15, -0.1) is 0 Å². The van der Waals surface area contributed by atoms with Gasteiger partial charge >= 0.3 is 0 Å². The summed E-state index contributed by atoms with van der Waals surface area (Å²) in [6.07, 6.45) is 1.63. The second-order valence-corrected chi connectivity index (χ2v) is 4.22. The van der Waals surface area contributed by atoms with Gasteiger partial charge in [0.05, 0.1) is 14.2 Å². The van der Waals surface area contributed by atoms with Crippen LogP contribution in [-0.2, 0) is 0 Å². The summed E-state index contributed by atoms with van der Waals surface area (Å²) >= 11 is 0. The van der Waals surface area contributed by atoms with Gasteiger partial charge < -0.3 is 19.9 Å². The van der Waals surface area contributed by atoms with Crippen LogP contribution in [0.15, 0.2) is 12.1 Å². The molecule has 102 valence electrons. The zero-order valence-electron chi connectivity index (χ0n) is 11.6. The van der Waals surface area contributed by atoms with Crippen LogP contribution in [0.5, 0.6) is 11.5 Å². The van der Waals surface area contributed by atoms with Crippen molar-refractivity contribution in [3.05, 3.63) is 23.3 Å². The zero-order chi connectivity index (χ0) is 13.5. The molecule has 1 unspecified atom stereocenters. The van der Waals surface area contributed by atoms with Gasteiger partial charge in [0.25, 0.3) is 0 Å². The number of methoxy groups -OCH3 is 2. The fraction of sp³-hybridized carbons (Fsp3) is 0.571. The molecule has 18 heavy (non-hydrogen) atoms. The van der Waals surface area contributed by atoms with Crippen molar-refractivity contribution in [2.75, 3.05) is 27.9 Å². The molecule has 1 aromatic carbocycles. The summed E-state index contributed by atoms with van der Waals surface area (Å²) in [6.45, 7) is 2.19. The van der Waals surface area contributed by atoms with E-state index in [2.05, 4.69) is 5.32 Å². The second-order valence-electron chi connectivity index (χ2n) is 4.22. The molecule has 1 atom stereocenters. The molecule has 1 aromatic rings. The van der Waals surface area contributed by atoms with Crippen molar-refractivity contribution in [1.29, 1.82) is 0 Å². The van der Waals surface area contributed by atoms with Gasteiger partial charge in [0.1, 0.15) is 11.5 Å². The van der Waals surface area contributed by atoms with Crippen LogP contribution in [0, 0.1) is 6.92 Å². The largest absolute Gasteiger partial charge is 0.496 e. The molecule has 0 bridgehead atoms. The number of aliphatic hydroxyl groups is 1. The van der Waals surface area contributed by atoms with Gasteiger partial charge in [-0.3, -0.25) is 0 Å². The van der Waals surface area contributed by atoms with E-state index in [0.717, 1.165) is 35.5 Å². The Bertz CT molecular complexity index is 380. The normalized spacial score (nSPS) is 12.3. The highest BCUT2D eigenvalue weighted by molar-refractivity contribution is 5.50. The Labute approximate surface area is 109 Å². The lowest BCUT2D eigenvalue weighted by molar-refractivity contribution is 0.275. The third-order valence-corrected chi connectivity index (χ3v) is 3.19. The molecule has 4 nitrogen and oxygen atoms in total. The molecule has 2 N–H and O–H groups in total. The highest BCUT2D eigenvalue weighted by Crippen LogP contribution is 2.35. The van der Waals surface area contributed by atoms with Crippen molar-refractivity contribution in [2.24, 2.45) is 0 Å². The third kappa shape index (κ3) is 3.15. The quantitative estimate of drug-likeness (QED) is 0.781. The molecule has 1 rings (SSSR count). The maximum Gasteiger partial charge on any atom is 0.130 e. The summed E-state index contributed by atoms with van der Waals surface area (Å²) in [6, 6.07) is 4.15. The summed E-state index contributed by atoms with van der Waals surface area (Å²) < 4.78 is 10.8. The fourth-order valence-corrected chi connectivity index (χ4v) is 2.21. The van der Waals surface area contributed by atoms with Gasteiger partial charge in [-0.05, 0) is 32.9 Å². The minimum atomic E-state index is 0.178. The lowest BCUT2D eigenvalue weighted by atomic mass is 9.98. The molecule has 0 aliphatic carbocycles. The first-order valence-corrected chi connectivity index (χ1v) is 6.19. The van der Waals surface area contributed by atoms with Crippen LogP contribution >= 0.6 is 0 Å². The average Bonchev–Trinajstić information content (AvgIpc) is 2.40. The molecule has 0 saturated heterocycles. The first-order chi connectivity index (χ1) is 8.69. The van der Waals surface area contributed by atoms with Gasteiger partial charge in [0.15, 0.2) is 0 Å². The maximum absolute atomic E-state index is 8.94. The summed E-state index contributed by atoms with van der Waals surface area (Å²) in [5.74, 6) is 1.68. The summed E-state index contributed by atoms with van der Waals surface area (Å²) in [5, 5.41) is 12.2. The topological polar surface area (TPSA) is 50.7 Å². The van der Waals surface area contributed by atoms with E-state index in [0.29, 0.717) is 0 Å². The first kappa shape index (κ1) is 14.8. The Morgan fingerprint density at radius 1 is 1.28 bits per heavy atom. The molecular weight excluding hydrogens is 230 g/mol. The molecule has 0 heterocycles. The Morgan fingerprint density at radius 2 is 2.00 bits per heavy atom. The number of benzene rings is 1. The van der Waals surface area contributed by atoms with Gasteiger partial charge in [-0.2, -0.15) is 0 Å². The average molecular weight is 253 g/mol. The van der Waals surface area contributed by atoms with E-state index in [1.165, 1.54) is 0 Å². The smallest absolute Gasteiger partial charge is 0.130 e. The minimum absolute atomic E-state index is 0.178. The van der Waals surface area contributed by atoms with E-state index in [4.69, 9.17) is 14.6 Å². The van der Waals surface area contributed by atoms with Crippen LogP contribution in [0.1, 0.15) is 30.0 Å². The highest BCUT2D eigenvalue weighted by atomic mass is 16.5. The van der Waals surface area contributed by atoms with E-state index in [1.807, 2.05) is 26.1 Å². The van der Waals surface area contributed by atoms with E-state index in [1.54, 1.807) is 14.2 Å². The van der Waals surface area contributed by atoms with Gasteiger partial charge in [0, 0.05) is 23.8 Å². The minimum Gasteiger partial charge on any atom is -0.496 e. The van der Waals surface area contributed by atoms with Crippen LogP contribution in [0.25, 0.3) is 0 Å². The number of rotatable bonds is 7. The van der Waals surface area contributed by atoms with Crippen molar-refractivity contribution in [1.82, 2.24) is 5.32 Å². The van der Waals surface area contributed by atoms with Gasteiger partial charge in [-0.25, -0.2) is 0 Å². The number of aliphatic hydroxyl groups excluding tert-OH is 1. The number of hydrogen-bond donors (Lipinski definition) is 2. The van der Waals surface area contributed by atoms with Crippen molar-refractivity contribution in [2.45, 2.75) is 25.8 Å². The van der Waals surface area contributed by atoms with E-state index >= 15 is 0 Å². The SMILES string of the molecule is CNC(CCCO)c1ccc(OC)c(C)c1OC. The molecule has 0 amide bonds. The Balaban J connectivity index is 3.10. The van der Waals surface area contributed by atoms with Gasteiger partial charge in [0.2, 0.25) is 0 Å². The Kier molecular flexibility index (Phi) is 5.95. The van der Waals surface area contributed by atoms with Crippen LogP contribution < -0.4 is 14.8 Å². The molecule has 0 fully saturated rings. The van der Waals surface area contributed by atoms with Crippen molar-refractivity contribution < 1.29 is 14.6 Å². The van der Waals surface area contributed by atoms with Crippen molar-refractivity contribution >= 4 is 0 Å². The molecule has 0 aliphatic rings. The number of ether oxygens (including phenoxy) is 2. The van der Waals surface area contributed by atoms with Crippen LogP contribution in [0.3, 0.4) is 0 Å². The van der Waals surface area contributed by atoms with Crippen LogP contribution in [-0.4, -0.2) is 33.0 Å². The standard InChI is InChI=1S/C14H23NO3/c1-10-13(17-3)8-7-11(14(10)18-4)12(15-2)6-5-9-16/h7-8,12,15-16H,5-6,9H2,1-4H3. The number of hydrogen-bond acceptors (Lipinski definition) is 4. The molecule has 0 aromatic heterocycles. The fourth-order valence-electron chi connectivity index (χ4n) is 2.21. The summed E-state index contributed by atoms with van der Waals surface area (Å²) in [5.41, 5.74) is 2.11. The Morgan fingerprint density at radius 3 is 2.50 bits per heavy atom.